The Labute approximate surface area is 192 Å². The third kappa shape index (κ3) is 5.28. The van der Waals surface area contributed by atoms with Gasteiger partial charge in [-0.2, -0.15) is 0 Å². The van der Waals surface area contributed by atoms with Crippen molar-refractivity contribution in [2.75, 3.05) is 33.4 Å². The Morgan fingerprint density at radius 3 is 2.62 bits per heavy atom. The molecule has 2 aliphatic heterocycles. The van der Waals surface area contributed by atoms with E-state index in [2.05, 4.69) is 14.8 Å². The van der Waals surface area contributed by atoms with Crippen LogP contribution in [0.15, 0.2) is 10.9 Å². The van der Waals surface area contributed by atoms with Crippen molar-refractivity contribution in [2.45, 2.75) is 83.7 Å². The van der Waals surface area contributed by atoms with Crippen molar-refractivity contribution in [3.8, 4) is 0 Å². The Kier molecular flexibility index (Phi) is 8.06. The van der Waals surface area contributed by atoms with Gasteiger partial charge in [-0.15, -0.1) is 0 Å². The fraction of sp³-hybridized carbons (Fsp3) is 0.769. The van der Waals surface area contributed by atoms with Crippen LogP contribution in [-0.4, -0.2) is 54.8 Å². The molecule has 0 bridgehead atoms. The van der Waals surface area contributed by atoms with Crippen LogP contribution in [0.1, 0.15) is 79.5 Å². The number of hydrogen-bond donors (Lipinski definition) is 1. The first-order valence-corrected chi connectivity index (χ1v) is 12.8. The Morgan fingerprint density at radius 2 is 1.84 bits per heavy atom. The first kappa shape index (κ1) is 23.5. The van der Waals surface area contributed by atoms with Crippen molar-refractivity contribution in [2.24, 2.45) is 11.8 Å². The quantitative estimate of drug-likeness (QED) is 0.668. The van der Waals surface area contributed by atoms with E-state index in [9.17, 15) is 9.59 Å². The Bertz CT molecular complexity index is 841. The molecule has 32 heavy (non-hydrogen) atoms. The third-order valence-electron chi connectivity index (χ3n) is 8.08. The third-order valence-corrected chi connectivity index (χ3v) is 8.08. The summed E-state index contributed by atoms with van der Waals surface area (Å²) in [5, 5.41) is 3.20. The van der Waals surface area contributed by atoms with Crippen LogP contribution >= 0.6 is 0 Å². The number of carbonyl (C=O) groups excluding carboxylic acids is 1. The topological polar surface area (TPSA) is 63.6 Å². The minimum atomic E-state index is -0.179. The smallest absolute Gasteiger partial charge is 0.257 e. The molecule has 0 aromatic carbocycles. The van der Waals surface area contributed by atoms with Gasteiger partial charge in [0.25, 0.3) is 5.91 Å². The summed E-state index contributed by atoms with van der Waals surface area (Å²) in [5.41, 5.74) is 2.07. The second kappa shape index (κ2) is 11.0. The summed E-state index contributed by atoms with van der Waals surface area (Å²) in [6, 6.07) is 2.22. The van der Waals surface area contributed by atoms with Crippen LogP contribution in [0.2, 0.25) is 0 Å². The number of ether oxygens (including phenoxy) is 1. The largest absolute Gasteiger partial charge is 0.383 e. The number of methoxy groups -OCH3 is 1. The molecule has 0 spiro atoms. The van der Waals surface area contributed by atoms with Crippen molar-refractivity contribution in [3.05, 3.63) is 33.2 Å². The van der Waals surface area contributed by atoms with E-state index in [1.165, 1.54) is 70.9 Å². The summed E-state index contributed by atoms with van der Waals surface area (Å²) >= 11 is 0. The van der Waals surface area contributed by atoms with E-state index in [4.69, 9.17) is 4.74 Å². The number of pyridine rings is 1. The molecule has 0 radical (unpaired) electrons. The van der Waals surface area contributed by atoms with Gasteiger partial charge in [-0.3, -0.25) is 9.59 Å². The zero-order chi connectivity index (χ0) is 22.5. The average molecular weight is 444 g/mol. The lowest BCUT2D eigenvalue weighted by molar-refractivity contribution is 0.0575. The lowest BCUT2D eigenvalue weighted by Crippen LogP contribution is -2.51. The van der Waals surface area contributed by atoms with Crippen LogP contribution in [0.5, 0.6) is 0 Å². The Balaban J connectivity index is 1.55. The van der Waals surface area contributed by atoms with E-state index >= 15 is 0 Å². The molecule has 2 saturated heterocycles. The van der Waals surface area contributed by atoms with E-state index in [1.807, 2.05) is 6.92 Å². The molecule has 3 aliphatic rings. The Hall–Kier alpha value is -1.66. The standard InChI is InChI=1S/C26H41N3O3/c1-19-16-24(30)25(23(29(19)14-15-32-2)17-20-8-3-4-9-20)26(31)27-18-21-10-7-13-28-12-6-5-11-22(21)28/h16,20-22H,3-15,17-18H2,1-2H3,(H,27,31)/t21-,22+/m0/s1. The monoisotopic (exact) mass is 443 g/mol. The van der Waals surface area contributed by atoms with E-state index in [-0.39, 0.29) is 11.3 Å². The molecule has 178 valence electrons. The predicted molar refractivity (Wildman–Crippen MR) is 127 cm³/mol. The first-order chi connectivity index (χ1) is 15.6. The molecule has 1 N–H and O–H groups in total. The molecule has 1 aliphatic carbocycles. The number of carbonyl (C=O) groups is 1. The molecule has 3 heterocycles. The van der Waals surface area contributed by atoms with Crippen molar-refractivity contribution >= 4 is 5.91 Å². The molecule has 1 aromatic heterocycles. The Morgan fingerprint density at radius 1 is 1.09 bits per heavy atom. The number of nitrogens with one attached hydrogen (secondary N) is 1. The summed E-state index contributed by atoms with van der Waals surface area (Å²) in [6.07, 6.45) is 11.9. The fourth-order valence-electron chi connectivity index (χ4n) is 6.39. The molecular formula is C26H41N3O3. The zero-order valence-corrected chi connectivity index (χ0v) is 20.0. The molecule has 2 atom stereocenters. The average Bonchev–Trinajstić information content (AvgIpc) is 3.30. The van der Waals surface area contributed by atoms with Crippen LogP contribution in [0.4, 0.5) is 0 Å². The highest BCUT2D eigenvalue weighted by molar-refractivity contribution is 5.95. The lowest BCUT2D eigenvalue weighted by Gasteiger charge is -2.44. The van der Waals surface area contributed by atoms with Gasteiger partial charge in [-0.25, -0.2) is 0 Å². The van der Waals surface area contributed by atoms with E-state index in [1.54, 1.807) is 13.2 Å². The molecule has 1 saturated carbocycles. The summed E-state index contributed by atoms with van der Waals surface area (Å²) in [6.45, 7) is 6.28. The number of aryl methyl sites for hydroxylation is 1. The maximum absolute atomic E-state index is 13.4. The summed E-state index contributed by atoms with van der Waals surface area (Å²) in [5.74, 6) is 0.875. The molecule has 1 aromatic rings. The molecule has 3 fully saturated rings. The maximum Gasteiger partial charge on any atom is 0.257 e. The van der Waals surface area contributed by atoms with Gasteiger partial charge in [-0.05, 0) is 64.0 Å². The van der Waals surface area contributed by atoms with Gasteiger partial charge in [0.05, 0.1) is 6.61 Å². The van der Waals surface area contributed by atoms with Crippen LogP contribution in [-0.2, 0) is 17.7 Å². The van der Waals surface area contributed by atoms with E-state index in [0.717, 1.165) is 17.8 Å². The van der Waals surface area contributed by atoms with Crippen LogP contribution < -0.4 is 10.7 Å². The number of fused-ring (bicyclic) bond motifs is 1. The number of nitrogens with zero attached hydrogens (tertiary/aromatic N) is 2. The molecule has 6 heteroatoms. The van der Waals surface area contributed by atoms with E-state index < -0.39 is 0 Å². The number of amides is 1. The molecule has 6 nitrogen and oxygen atoms in total. The highest BCUT2D eigenvalue weighted by Gasteiger charge is 2.33. The van der Waals surface area contributed by atoms with E-state index in [0.29, 0.717) is 43.1 Å². The summed E-state index contributed by atoms with van der Waals surface area (Å²) in [4.78, 5) is 29.1. The van der Waals surface area contributed by atoms with Crippen LogP contribution in [0, 0.1) is 18.8 Å². The SMILES string of the molecule is COCCn1c(C)cc(=O)c(C(=O)NC[C@@H]2CCCN3CCCC[C@H]23)c1CC1CCCC1. The maximum atomic E-state index is 13.4. The second-order valence-electron chi connectivity index (χ2n) is 10.2. The van der Waals surface area contributed by atoms with Gasteiger partial charge in [0, 0.05) is 43.7 Å². The van der Waals surface area contributed by atoms with Gasteiger partial charge < -0.3 is 19.5 Å². The van der Waals surface area contributed by atoms with Gasteiger partial charge in [0.15, 0.2) is 5.43 Å². The summed E-state index contributed by atoms with van der Waals surface area (Å²) < 4.78 is 7.48. The fourth-order valence-corrected chi connectivity index (χ4v) is 6.39. The highest BCUT2D eigenvalue weighted by atomic mass is 16.5. The molecule has 4 rings (SSSR count). The highest BCUT2D eigenvalue weighted by Crippen LogP contribution is 2.31. The van der Waals surface area contributed by atoms with Gasteiger partial charge >= 0.3 is 0 Å². The molecule has 0 unspecified atom stereocenters. The van der Waals surface area contributed by atoms with Gasteiger partial charge in [0.1, 0.15) is 5.56 Å². The van der Waals surface area contributed by atoms with Crippen LogP contribution in [0.25, 0.3) is 0 Å². The van der Waals surface area contributed by atoms with Gasteiger partial charge in [-0.1, -0.05) is 32.1 Å². The molecular weight excluding hydrogens is 402 g/mol. The number of rotatable bonds is 8. The summed E-state index contributed by atoms with van der Waals surface area (Å²) in [7, 11) is 1.70. The minimum Gasteiger partial charge on any atom is -0.383 e. The normalized spacial score (nSPS) is 24.4. The zero-order valence-electron chi connectivity index (χ0n) is 20.0. The number of hydrogen-bond acceptors (Lipinski definition) is 4. The van der Waals surface area contributed by atoms with Crippen molar-refractivity contribution in [1.82, 2.24) is 14.8 Å². The minimum absolute atomic E-state index is 0.135. The molecule has 1 amide bonds. The van der Waals surface area contributed by atoms with Crippen LogP contribution in [0.3, 0.4) is 0 Å². The number of aromatic nitrogens is 1. The van der Waals surface area contributed by atoms with Crippen molar-refractivity contribution in [3.63, 3.8) is 0 Å². The van der Waals surface area contributed by atoms with Gasteiger partial charge in [0.2, 0.25) is 0 Å². The predicted octanol–water partition coefficient (Wildman–Crippen LogP) is 3.53. The van der Waals surface area contributed by atoms with Crippen molar-refractivity contribution in [1.29, 1.82) is 0 Å². The lowest BCUT2D eigenvalue weighted by atomic mass is 9.83. The number of piperidine rings is 2. The second-order valence-corrected chi connectivity index (χ2v) is 10.2. The first-order valence-electron chi connectivity index (χ1n) is 12.8. The van der Waals surface area contributed by atoms with Crippen molar-refractivity contribution < 1.29 is 9.53 Å².